The third-order valence-electron chi connectivity index (χ3n) is 3.08. The highest BCUT2D eigenvalue weighted by Gasteiger charge is 2.18. The second kappa shape index (κ2) is 5.73. The molecular formula is C14H18N4O2. The molecule has 0 bridgehead atoms. The van der Waals surface area contributed by atoms with Crippen molar-refractivity contribution in [1.82, 2.24) is 20.1 Å². The number of carbonyl (C=O) groups excluding carboxylic acids is 1. The number of aromatic nitrogens is 3. The molecule has 0 aliphatic heterocycles. The van der Waals surface area contributed by atoms with Crippen LogP contribution in [0.3, 0.4) is 0 Å². The lowest BCUT2D eigenvalue weighted by atomic mass is 10.1. The molecule has 106 valence electrons. The van der Waals surface area contributed by atoms with Crippen LogP contribution >= 0.6 is 0 Å². The van der Waals surface area contributed by atoms with Gasteiger partial charge in [-0.25, -0.2) is 0 Å². The smallest absolute Gasteiger partial charge is 0.255 e. The Morgan fingerprint density at radius 1 is 1.45 bits per heavy atom. The Kier molecular flexibility index (Phi) is 4.02. The van der Waals surface area contributed by atoms with Gasteiger partial charge in [0.05, 0.1) is 18.7 Å². The van der Waals surface area contributed by atoms with Crippen LogP contribution < -0.4 is 10.1 Å². The van der Waals surface area contributed by atoms with E-state index < -0.39 is 0 Å². The topological polar surface area (TPSA) is 69.0 Å². The number of amides is 1. The summed E-state index contributed by atoms with van der Waals surface area (Å²) in [6.45, 7) is 3.80. The molecule has 20 heavy (non-hydrogen) atoms. The fourth-order valence-corrected chi connectivity index (χ4v) is 2.02. The number of benzene rings is 1. The van der Waals surface area contributed by atoms with E-state index in [1.54, 1.807) is 30.1 Å². The van der Waals surface area contributed by atoms with Crippen molar-refractivity contribution in [2.45, 2.75) is 19.9 Å². The van der Waals surface area contributed by atoms with Gasteiger partial charge >= 0.3 is 0 Å². The van der Waals surface area contributed by atoms with Crippen LogP contribution in [0.5, 0.6) is 5.75 Å². The zero-order valence-corrected chi connectivity index (χ0v) is 12.0. The first kappa shape index (κ1) is 14.0. The van der Waals surface area contributed by atoms with Gasteiger partial charge in [-0.1, -0.05) is 11.6 Å². The molecule has 1 atom stereocenters. The van der Waals surface area contributed by atoms with E-state index >= 15 is 0 Å². The van der Waals surface area contributed by atoms with Crippen LogP contribution in [0.1, 0.15) is 34.7 Å². The second-order valence-corrected chi connectivity index (χ2v) is 4.70. The molecule has 1 aromatic carbocycles. The van der Waals surface area contributed by atoms with Crippen molar-refractivity contribution in [3.05, 3.63) is 41.5 Å². The van der Waals surface area contributed by atoms with Gasteiger partial charge < -0.3 is 14.6 Å². The van der Waals surface area contributed by atoms with E-state index in [9.17, 15) is 4.79 Å². The highest BCUT2D eigenvalue weighted by molar-refractivity contribution is 5.97. The predicted molar refractivity (Wildman–Crippen MR) is 74.6 cm³/mol. The fourth-order valence-electron chi connectivity index (χ4n) is 2.02. The van der Waals surface area contributed by atoms with Gasteiger partial charge in [0.2, 0.25) is 0 Å². The fraction of sp³-hybridized carbons (Fsp3) is 0.357. The number of hydrogen-bond acceptors (Lipinski definition) is 4. The van der Waals surface area contributed by atoms with E-state index in [1.807, 2.05) is 27.0 Å². The summed E-state index contributed by atoms with van der Waals surface area (Å²) in [7, 11) is 3.39. The van der Waals surface area contributed by atoms with Crippen molar-refractivity contribution in [3.63, 3.8) is 0 Å². The molecule has 0 aliphatic carbocycles. The Hall–Kier alpha value is -2.37. The Labute approximate surface area is 117 Å². The van der Waals surface area contributed by atoms with Crippen molar-refractivity contribution in [2.75, 3.05) is 7.11 Å². The Balaban J connectivity index is 2.20. The number of aryl methyl sites for hydroxylation is 2. The summed E-state index contributed by atoms with van der Waals surface area (Å²) < 4.78 is 7.00. The molecule has 0 saturated carbocycles. The summed E-state index contributed by atoms with van der Waals surface area (Å²) in [5.74, 6) is 1.06. The van der Waals surface area contributed by atoms with Crippen LogP contribution in [-0.4, -0.2) is 27.8 Å². The molecule has 1 aromatic heterocycles. The first-order valence-corrected chi connectivity index (χ1v) is 6.32. The summed E-state index contributed by atoms with van der Waals surface area (Å²) in [6.07, 6.45) is 1.60. The van der Waals surface area contributed by atoms with Crippen molar-refractivity contribution in [2.24, 2.45) is 7.05 Å². The van der Waals surface area contributed by atoms with Gasteiger partial charge in [-0.2, -0.15) is 0 Å². The summed E-state index contributed by atoms with van der Waals surface area (Å²) in [6, 6.07) is 5.26. The van der Waals surface area contributed by atoms with Gasteiger partial charge in [0.1, 0.15) is 12.1 Å². The number of ether oxygens (including phenoxy) is 1. The highest BCUT2D eigenvalue weighted by atomic mass is 16.5. The molecule has 1 heterocycles. The third-order valence-corrected chi connectivity index (χ3v) is 3.08. The zero-order chi connectivity index (χ0) is 14.7. The van der Waals surface area contributed by atoms with Crippen LogP contribution in [0.15, 0.2) is 24.5 Å². The minimum absolute atomic E-state index is 0.193. The third kappa shape index (κ3) is 2.79. The van der Waals surface area contributed by atoms with Crippen molar-refractivity contribution >= 4 is 5.91 Å². The van der Waals surface area contributed by atoms with Crippen molar-refractivity contribution < 1.29 is 9.53 Å². The van der Waals surface area contributed by atoms with Gasteiger partial charge in [0, 0.05) is 7.05 Å². The van der Waals surface area contributed by atoms with Crippen LogP contribution in [0.25, 0.3) is 0 Å². The van der Waals surface area contributed by atoms with Gasteiger partial charge in [-0.15, -0.1) is 10.2 Å². The molecule has 2 rings (SSSR count). The van der Waals surface area contributed by atoms with E-state index in [0.29, 0.717) is 17.1 Å². The maximum Gasteiger partial charge on any atom is 0.255 e. The van der Waals surface area contributed by atoms with Crippen LogP contribution in [0.2, 0.25) is 0 Å². The molecular weight excluding hydrogens is 256 g/mol. The molecule has 6 heteroatoms. The minimum Gasteiger partial charge on any atom is -0.496 e. The number of nitrogens with one attached hydrogen (secondary N) is 1. The number of nitrogens with zero attached hydrogens (tertiary/aromatic N) is 3. The van der Waals surface area contributed by atoms with Crippen molar-refractivity contribution in [3.8, 4) is 5.75 Å². The van der Waals surface area contributed by atoms with Crippen molar-refractivity contribution in [1.29, 1.82) is 0 Å². The predicted octanol–water partition coefficient (Wildman–Crippen LogP) is 1.62. The molecule has 0 unspecified atom stereocenters. The summed E-state index contributed by atoms with van der Waals surface area (Å²) in [5, 5.41) is 10.7. The molecule has 0 spiro atoms. The Bertz CT molecular complexity index is 621. The average molecular weight is 274 g/mol. The van der Waals surface area contributed by atoms with Gasteiger partial charge in [0.15, 0.2) is 5.82 Å². The number of hydrogen-bond donors (Lipinski definition) is 1. The molecule has 1 amide bonds. The standard InChI is InChI=1S/C14H18N4O2/c1-9-5-6-12(20-4)11(7-9)14(19)16-10(2)13-17-15-8-18(13)3/h5-8,10H,1-4H3,(H,16,19)/t10-/m1/s1. The number of methoxy groups -OCH3 is 1. The Morgan fingerprint density at radius 3 is 2.80 bits per heavy atom. The van der Waals surface area contributed by atoms with E-state index in [4.69, 9.17) is 4.74 Å². The van der Waals surface area contributed by atoms with Gasteiger partial charge in [-0.05, 0) is 26.0 Å². The molecule has 0 saturated heterocycles. The number of rotatable bonds is 4. The lowest BCUT2D eigenvalue weighted by Gasteiger charge is -2.15. The minimum atomic E-state index is -0.236. The highest BCUT2D eigenvalue weighted by Crippen LogP contribution is 2.20. The van der Waals surface area contributed by atoms with E-state index in [-0.39, 0.29) is 11.9 Å². The monoisotopic (exact) mass is 274 g/mol. The second-order valence-electron chi connectivity index (χ2n) is 4.70. The average Bonchev–Trinajstić information content (AvgIpc) is 2.85. The molecule has 0 aliphatic rings. The molecule has 6 nitrogen and oxygen atoms in total. The van der Waals surface area contributed by atoms with Crippen LogP contribution in [0.4, 0.5) is 0 Å². The quantitative estimate of drug-likeness (QED) is 0.920. The summed E-state index contributed by atoms with van der Waals surface area (Å²) in [4.78, 5) is 12.3. The maximum absolute atomic E-state index is 12.3. The summed E-state index contributed by atoms with van der Waals surface area (Å²) in [5.41, 5.74) is 1.52. The largest absolute Gasteiger partial charge is 0.496 e. The van der Waals surface area contributed by atoms with Crippen LogP contribution in [-0.2, 0) is 7.05 Å². The molecule has 2 aromatic rings. The van der Waals surface area contributed by atoms with E-state index in [1.165, 1.54) is 0 Å². The lowest BCUT2D eigenvalue weighted by Crippen LogP contribution is -2.28. The molecule has 0 radical (unpaired) electrons. The zero-order valence-electron chi connectivity index (χ0n) is 12.0. The summed E-state index contributed by atoms with van der Waals surface area (Å²) >= 11 is 0. The number of carbonyl (C=O) groups is 1. The van der Waals surface area contributed by atoms with Gasteiger partial charge in [-0.3, -0.25) is 4.79 Å². The van der Waals surface area contributed by atoms with E-state index in [2.05, 4.69) is 15.5 Å². The Morgan fingerprint density at radius 2 is 2.20 bits per heavy atom. The van der Waals surface area contributed by atoms with Gasteiger partial charge in [0.25, 0.3) is 5.91 Å². The lowest BCUT2D eigenvalue weighted by molar-refractivity contribution is 0.0934. The van der Waals surface area contributed by atoms with Crippen LogP contribution in [0, 0.1) is 6.92 Å². The normalized spacial score (nSPS) is 12.0. The maximum atomic E-state index is 12.3. The SMILES string of the molecule is COc1ccc(C)cc1C(=O)N[C@H](C)c1nncn1C. The first-order valence-electron chi connectivity index (χ1n) is 6.32. The first-order chi connectivity index (χ1) is 9.52. The molecule has 1 N–H and O–H groups in total. The van der Waals surface area contributed by atoms with E-state index in [0.717, 1.165) is 5.56 Å². The molecule has 0 fully saturated rings.